The summed E-state index contributed by atoms with van der Waals surface area (Å²) in [5.41, 5.74) is 0.572. The van der Waals surface area contributed by atoms with E-state index < -0.39 is 66.7 Å². The molecule has 0 saturated heterocycles. The molecule has 260 valence electrons. The van der Waals surface area contributed by atoms with Crippen LogP contribution < -0.4 is 0 Å². The molecule has 1 heterocycles. The van der Waals surface area contributed by atoms with Gasteiger partial charge in [0.05, 0.1) is 30.3 Å². The monoisotopic (exact) mass is 652 g/mol. The van der Waals surface area contributed by atoms with Crippen molar-refractivity contribution < 1.29 is 58.6 Å². The molecule has 0 aromatic heterocycles. The van der Waals surface area contributed by atoms with Crippen LogP contribution >= 0.6 is 0 Å². The van der Waals surface area contributed by atoms with Crippen LogP contribution in [0.15, 0.2) is 34.9 Å². The van der Waals surface area contributed by atoms with Gasteiger partial charge in [-0.3, -0.25) is 9.59 Å². The SMILES string of the molecule is CCC(/C=C/C(=O)O)=C\CC[C@H](C)C[C@@H](C)CC[C@H](O)[C@H](C)C(=O)C[C@@H](O)[C@H](OC)[C@@H](C)OC(=O)C[C@@H](O)C1=C(C)C(=O)OC1=O. The van der Waals surface area contributed by atoms with Crippen molar-refractivity contribution >= 4 is 29.7 Å². The van der Waals surface area contributed by atoms with Crippen LogP contribution in [0.2, 0.25) is 0 Å². The largest absolute Gasteiger partial charge is 0.478 e. The number of aliphatic carboxylic acids is 1. The quantitative estimate of drug-likeness (QED) is 0.0575. The molecule has 12 nitrogen and oxygen atoms in total. The summed E-state index contributed by atoms with van der Waals surface area (Å²) in [6.07, 6.45) is 2.46. The molecular formula is C34H52O12. The Morgan fingerprint density at radius 1 is 0.891 bits per heavy atom. The van der Waals surface area contributed by atoms with E-state index in [1.54, 1.807) is 13.0 Å². The van der Waals surface area contributed by atoms with Gasteiger partial charge in [0, 0.05) is 31.1 Å². The molecule has 0 fully saturated rings. The summed E-state index contributed by atoms with van der Waals surface area (Å²) in [4.78, 5) is 59.3. The zero-order chi connectivity index (χ0) is 35.1. The van der Waals surface area contributed by atoms with Gasteiger partial charge >= 0.3 is 23.9 Å². The summed E-state index contributed by atoms with van der Waals surface area (Å²) in [5.74, 6) is -4.20. The van der Waals surface area contributed by atoms with Gasteiger partial charge in [-0.2, -0.15) is 0 Å². The Kier molecular flexibility index (Phi) is 17.9. The van der Waals surface area contributed by atoms with Crippen LogP contribution in [-0.2, 0) is 38.2 Å². The maximum atomic E-state index is 12.9. The number of allylic oxidation sites excluding steroid dienone is 3. The highest BCUT2D eigenvalue weighted by atomic mass is 16.6. The van der Waals surface area contributed by atoms with E-state index in [4.69, 9.17) is 14.6 Å². The lowest BCUT2D eigenvalue weighted by Gasteiger charge is -2.28. The molecule has 1 rings (SSSR count). The molecule has 1 aliphatic heterocycles. The van der Waals surface area contributed by atoms with Crippen LogP contribution in [0.4, 0.5) is 0 Å². The number of carboxylic acids is 1. The number of ether oxygens (including phenoxy) is 3. The fourth-order valence-electron chi connectivity index (χ4n) is 5.52. The van der Waals surface area contributed by atoms with Crippen LogP contribution in [-0.4, -0.2) is 87.7 Å². The molecule has 1 aliphatic rings. The number of ketones is 1. The number of carbonyl (C=O) groups excluding carboxylic acids is 4. The standard InChI is InChI=1S/C34H52O12/c1-8-24(13-15-29(39)40)11-9-10-19(2)16-20(3)12-14-25(35)21(4)26(36)17-28(38)32(44-7)23(6)45-30(41)18-27(37)31-22(5)33(42)46-34(31)43/h11,13,15,19-21,23,25,27-28,32,35,37-38H,8-10,12,14,16-18H2,1-7H3,(H,39,40)/b15-13+,24-11+/t19-,20-,21-,23+,25-,27+,28+,32+/m0/s1. The molecule has 0 aromatic rings. The Hall–Kier alpha value is -3.19. The van der Waals surface area contributed by atoms with Gasteiger partial charge in [-0.15, -0.1) is 0 Å². The first kappa shape index (κ1) is 40.8. The second-order valence-electron chi connectivity index (χ2n) is 12.3. The van der Waals surface area contributed by atoms with Gasteiger partial charge in [-0.1, -0.05) is 45.4 Å². The molecule has 12 heteroatoms. The Morgan fingerprint density at radius 3 is 2.07 bits per heavy atom. The average molecular weight is 653 g/mol. The number of cyclic esters (lactones) is 2. The number of Topliss-reactive ketones (excluding diaryl/α,β-unsaturated/α-hetero) is 1. The molecule has 0 unspecified atom stereocenters. The third kappa shape index (κ3) is 13.7. The number of esters is 3. The van der Waals surface area contributed by atoms with Crippen molar-refractivity contribution in [1.82, 2.24) is 0 Å². The molecule has 0 aromatic carbocycles. The molecule has 0 saturated carbocycles. The molecule has 0 aliphatic carbocycles. The number of rotatable bonds is 22. The zero-order valence-corrected chi connectivity index (χ0v) is 28.1. The summed E-state index contributed by atoms with van der Waals surface area (Å²) in [6, 6.07) is 0. The number of carbonyl (C=O) groups is 5. The van der Waals surface area contributed by atoms with Gasteiger partial charge in [0.2, 0.25) is 0 Å². The van der Waals surface area contributed by atoms with E-state index >= 15 is 0 Å². The Balaban J connectivity index is 2.54. The van der Waals surface area contributed by atoms with Crippen LogP contribution in [0.25, 0.3) is 0 Å². The third-order valence-corrected chi connectivity index (χ3v) is 8.41. The molecule has 8 atom stereocenters. The smallest absolute Gasteiger partial charge is 0.345 e. The van der Waals surface area contributed by atoms with Crippen molar-refractivity contribution in [2.24, 2.45) is 17.8 Å². The van der Waals surface area contributed by atoms with Crippen molar-refractivity contribution in [3.8, 4) is 0 Å². The number of hydrogen-bond acceptors (Lipinski definition) is 11. The van der Waals surface area contributed by atoms with Crippen molar-refractivity contribution in [3.63, 3.8) is 0 Å². The molecule has 46 heavy (non-hydrogen) atoms. The summed E-state index contributed by atoms with van der Waals surface area (Å²) >= 11 is 0. The van der Waals surface area contributed by atoms with Gasteiger partial charge in [0.25, 0.3) is 0 Å². The van der Waals surface area contributed by atoms with Crippen LogP contribution in [0, 0.1) is 17.8 Å². The van der Waals surface area contributed by atoms with E-state index in [1.807, 2.05) is 6.92 Å². The molecule has 4 N–H and O–H groups in total. The van der Waals surface area contributed by atoms with Crippen molar-refractivity contribution in [3.05, 3.63) is 34.9 Å². The fourth-order valence-corrected chi connectivity index (χ4v) is 5.52. The second-order valence-corrected chi connectivity index (χ2v) is 12.3. The molecule has 0 radical (unpaired) electrons. The second kappa shape index (κ2) is 20.1. The topological polar surface area (TPSA) is 194 Å². The average Bonchev–Trinajstić information content (AvgIpc) is 3.23. The summed E-state index contributed by atoms with van der Waals surface area (Å²) in [6.45, 7) is 10.6. The lowest BCUT2D eigenvalue weighted by Crippen LogP contribution is -2.42. The normalized spacial score (nSPS) is 19.3. The maximum absolute atomic E-state index is 12.9. The lowest BCUT2D eigenvalue weighted by molar-refractivity contribution is -0.162. The van der Waals surface area contributed by atoms with E-state index in [-0.39, 0.29) is 23.4 Å². The predicted molar refractivity (Wildman–Crippen MR) is 168 cm³/mol. The van der Waals surface area contributed by atoms with E-state index in [2.05, 4.69) is 24.7 Å². The zero-order valence-electron chi connectivity index (χ0n) is 28.1. The number of carboxylic acid groups (broad SMARTS) is 1. The van der Waals surface area contributed by atoms with Crippen LogP contribution in [0.1, 0.15) is 92.9 Å². The molecular weight excluding hydrogens is 600 g/mol. The minimum Gasteiger partial charge on any atom is -0.478 e. The minimum absolute atomic E-state index is 0.0955. The van der Waals surface area contributed by atoms with Gasteiger partial charge in [0.15, 0.2) is 0 Å². The van der Waals surface area contributed by atoms with Gasteiger partial charge in [0.1, 0.15) is 18.0 Å². The Morgan fingerprint density at radius 2 is 1.52 bits per heavy atom. The van der Waals surface area contributed by atoms with Gasteiger partial charge < -0.3 is 34.6 Å². The van der Waals surface area contributed by atoms with Crippen molar-refractivity contribution in [2.45, 2.75) is 123 Å². The van der Waals surface area contributed by atoms with E-state index in [0.29, 0.717) is 24.7 Å². The van der Waals surface area contributed by atoms with Crippen molar-refractivity contribution in [1.29, 1.82) is 0 Å². The Labute approximate surface area is 271 Å². The highest BCUT2D eigenvalue weighted by molar-refractivity contribution is 6.12. The first-order chi connectivity index (χ1) is 21.5. The molecule has 0 spiro atoms. The van der Waals surface area contributed by atoms with Crippen molar-refractivity contribution in [2.75, 3.05) is 7.11 Å². The third-order valence-electron chi connectivity index (χ3n) is 8.41. The first-order valence-corrected chi connectivity index (χ1v) is 15.9. The number of aliphatic hydroxyl groups is 3. The van der Waals surface area contributed by atoms with E-state index in [1.165, 1.54) is 21.0 Å². The summed E-state index contributed by atoms with van der Waals surface area (Å²) in [7, 11) is 1.28. The van der Waals surface area contributed by atoms with Crippen LogP contribution in [0.3, 0.4) is 0 Å². The number of aliphatic hydroxyl groups excluding tert-OH is 3. The van der Waals surface area contributed by atoms with E-state index in [0.717, 1.165) is 37.3 Å². The minimum atomic E-state index is -1.62. The highest BCUT2D eigenvalue weighted by Gasteiger charge is 2.37. The lowest BCUT2D eigenvalue weighted by atomic mass is 9.86. The summed E-state index contributed by atoms with van der Waals surface area (Å²) < 4.78 is 15.0. The van der Waals surface area contributed by atoms with E-state index in [9.17, 15) is 39.3 Å². The Bertz CT molecular complexity index is 1150. The molecule has 0 bridgehead atoms. The van der Waals surface area contributed by atoms with Gasteiger partial charge in [-0.25, -0.2) is 14.4 Å². The maximum Gasteiger partial charge on any atom is 0.345 e. The fraction of sp³-hybridized carbons (Fsp3) is 0.676. The number of methoxy groups -OCH3 is 1. The first-order valence-electron chi connectivity index (χ1n) is 15.9. The summed E-state index contributed by atoms with van der Waals surface area (Å²) in [5, 5.41) is 40.5. The molecule has 0 amide bonds. The highest BCUT2D eigenvalue weighted by Crippen LogP contribution is 2.25. The number of hydrogen-bond donors (Lipinski definition) is 4. The predicted octanol–water partition coefficient (Wildman–Crippen LogP) is 3.60. The van der Waals surface area contributed by atoms with Gasteiger partial charge in [-0.05, 0) is 64.2 Å². The van der Waals surface area contributed by atoms with Crippen LogP contribution in [0.5, 0.6) is 0 Å².